The summed E-state index contributed by atoms with van der Waals surface area (Å²) in [5.41, 5.74) is 4.81. The van der Waals surface area contributed by atoms with Gasteiger partial charge >= 0.3 is 11.4 Å². The van der Waals surface area contributed by atoms with Crippen LogP contribution >= 0.6 is 34.8 Å². The Kier molecular flexibility index (Phi) is 16.8. The Hall–Kier alpha value is -2.35. The monoisotopic (exact) mass is 526 g/mol. The minimum Gasteiger partial charge on any atom is -0.385 e. The minimum absolute atomic E-state index is 0.0817. The van der Waals surface area contributed by atoms with Gasteiger partial charge in [-0.25, -0.2) is 9.97 Å². The van der Waals surface area contributed by atoms with Crippen molar-refractivity contribution in [1.29, 1.82) is 0 Å². The van der Waals surface area contributed by atoms with Crippen LogP contribution in [0.2, 0.25) is 15.5 Å². The van der Waals surface area contributed by atoms with Crippen LogP contribution in [0.5, 0.6) is 0 Å². The highest BCUT2D eigenvalue weighted by Crippen LogP contribution is 2.24. The molecule has 0 fully saturated rings. The van der Waals surface area contributed by atoms with Crippen molar-refractivity contribution < 1.29 is 19.3 Å². The molecule has 0 radical (unpaired) electrons. The summed E-state index contributed by atoms with van der Waals surface area (Å²) in [7, 11) is 3.27. The summed E-state index contributed by atoms with van der Waals surface area (Å²) < 4.78 is 9.56. The Morgan fingerprint density at radius 1 is 0.909 bits per heavy atom. The van der Waals surface area contributed by atoms with Gasteiger partial charge in [-0.1, -0.05) is 34.8 Å². The number of pyridine rings is 2. The van der Waals surface area contributed by atoms with Gasteiger partial charge in [0, 0.05) is 46.1 Å². The molecule has 0 atom stereocenters. The summed E-state index contributed by atoms with van der Waals surface area (Å²) in [6, 6.07) is 5.23. The lowest BCUT2D eigenvalue weighted by Crippen LogP contribution is -2.08. The first-order valence-corrected chi connectivity index (χ1v) is 10.5. The number of anilines is 1. The first kappa shape index (κ1) is 30.6. The van der Waals surface area contributed by atoms with E-state index in [1.54, 1.807) is 14.2 Å². The summed E-state index contributed by atoms with van der Waals surface area (Å²) in [6.45, 7) is 2.65. The molecule has 12 nitrogen and oxygen atoms in total. The molecule has 0 aromatic carbocycles. The predicted molar refractivity (Wildman–Crippen MR) is 127 cm³/mol. The largest absolute Gasteiger partial charge is 0.385 e. The van der Waals surface area contributed by atoms with Crippen molar-refractivity contribution in [3.05, 3.63) is 60.0 Å². The first-order chi connectivity index (χ1) is 15.7. The van der Waals surface area contributed by atoms with Gasteiger partial charge < -0.3 is 20.5 Å². The van der Waals surface area contributed by atoms with E-state index in [0.717, 1.165) is 26.0 Å². The topological polar surface area (TPSA) is 169 Å². The van der Waals surface area contributed by atoms with Crippen LogP contribution in [0.4, 0.5) is 17.2 Å². The van der Waals surface area contributed by atoms with Crippen LogP contribution < -0.4 is 11.1 Å². The number of hydrogen-bond acceptors (Lipinski definition) is 10. The maximum Gasteiger partial charge on any atom is 0.311 e. The van der Waals surface area contributed by atoms with Gasteiger partial charge in [-0.2, -0.15) is 0 Å². The zero-order valence-corrected chi connectivity index (χ0v) is 20.3. The van der Waals surface area contributed by atoms with Crippen molar-refractivity contribution in [2.75, 3.05) is 45.8 Å². The number of nitro groups is 2. The van der Waals surface area contributed by atoms with Crippen LogP contribution in [0.15, 0.2) is 24.3 Å². The lowest BCUT2D eigenvalue weighted by Gasteiger charge is -2.05. The van der Waals surface area contributed by atoms with E-state index in [-0.39, 0.29) is 32.7 Å². The number of methoxy groups -OCH3 is 2. The average Bonchev–Trinajstić information content (AvgIpc) is 2.75. The van der Waals surface area contributed by atoms with Crippen LogP contribution in [0, 0.1) is 20.2 Å². The summed E-state index contributed by atoms with van der Waals surface area (Å²) >= 11 is 16.5. The van der Waals surface area contributed by atoms with Gasteiger partial charge in [-0.15, -0.1) is 0 Å². The molecule has 3 N–H and O–H groups in total. The summed E-state index contributed by atoms with van der Waals surface area (Å²) in [4.78, 5) is 27.1. The highest BCUT2D eigenvalue weighted by molar-refractivity contribution is 6.33. The third-order valence-electron chi connectivity index (χ3n) is 3.40. The summed E-state index contributed by atoms with van der Waals surface area (Å²) in [6.07, 6.45) is 1.71. The van der Waals surface area contributed by atoms with E-state index in [9.17, 15) is 20.2 Å². The van der Waals surface area contributed by atoms with E-state index in [2.05, 4.69) is 15.3 Å². The molecular formula is C18H25Cl3N6O6. The van der Waals surface area contributed by atoms with E-state index in [4.69, 9.17) is 50.0 Å². The molecule has 2 heterocycles. The Morgan fingerprint density at radius 3 is 1.88 bits per heavy atom. The third-order valence-corrected chi connectivity index (χ3v) is 4.10. The second kappa shape index (κ2) is 18.1. The fourth-order valence-corrected chi connectivity index (χ4v) is 2.46. The van der Waals surface area contributed by atoms with Gasteiger partial charge in [-0.3, -0.25) is 20.2 Å². The fraction of sp³-hybridized carbons (Fsp3) is 0.444. The Morgan fingerprint density at radius 2 is 1.42 bits per heavy atom. The van der Waals surface area contributed by atoms with Crippen molar-refractivity contribution in [2.24, 2.45) is 5.73 Å². The van der Waals surface area contributed by atoms with Gasteiger partial charge in [0.05, 0.1) is 9.85 Å². The highest BCUT2D eigenvalue weighted by Gasteiger charge is 2.15. The van der Waals surface area contributed by atoms with Gasteiger partial charge in [0.1, 0.15) is 10.3 Å². The molecule has 0 aliphatic rings. The summed E-state index contributed by atoms with van der Waals surface area (Å²) in [5, 5.41) is 23.9. The quantitative estimate of drug-likeness (QED) is 0.196. The molecule has 15 heteroatoms. The van der Waals surface area contributed by atoms with Crippen LogP contribution in [-0.4, -0.2) is 60.3 Å². The minimum atomic E-state index is -0.619. The predicted octanol–water partition coefficient (Wildman–Crippen LogP) is 4.37. The molecule has 0 aliphatic carbocycles. The van der Waals surface area contributed by atoms with Crippen molar-refractivity contribution in [3.8, 4) is 0 Å². The lowest BCUT2D eigenvalue weighted by molar-refractivity contribution is -0.385. The highest BCUT2D eigenvalue weighted by atomic mass is 35.5. The smallest absolute Gasteiger partial charge is 0.311 e. The van der Waals surface area contributed by atoms with Crippen molar-refractivity contribution in [2.45, 2.75) is 12.8 Å². The van der Waals surface area contributed by atoms with Crippen LogP contribution in [0.3, 0.4) is 0 Å². The number of ether oxygens (including phenoxy) is 2. The molecule has 2 rings (SSSR count). The number of nitrogens with one attached hydrogen (secondary N) is 1. The summed E-state index contributed by atoms with van der Waals surface area (Å²) in [5.74, 6) is 0.189. The van der Waals surface area contributed by atoms with Crippen molar-refractivity contribution in [3.63, 3.8) is 0 Å². The first-order valence-electron chi connectivity index (χ1n) is 9.37. The molecule has 0 aliphatic heterocycles. The molecule has 2 aromatic heterocycles. The van der Waals surface area contributed by atoms with Gasteiger partial charge in [0.2, 0.25) is 11.0 Å². The number of nitrogens with two attached hydrogens (primary N) is 1. The lowest BCUT2D eigenvalue weighted by atomic mass is 10.3. The van der Waals surface area contributed by atoms with Crippen LogP contribution in [-0.2, 0) is 9.47 Å². The number of halogens is 3. The van der Waals surface area contributed by atoms with E-state index in [1.165, 1.54) is 24.3 Å². The number of aromatic nitrogens is 2. The average molecular weight is 528 g/mol. The van der Waals surface area contributed by atoms with Gasteiger partial charge in [0.25, 0.3) is 0 Å². The van der Waals surface area contributed by atoms with E-state index >= 15 is 0 Å². The maximum atomic E-state index is 10.7. The molecule has 184 valence electrons. The molecule has 33 heavy (non-hydrogen) atoms. The number of hydrogen-bond donors (Lipinski definition) is 2. The zero-order valence-electron chi connectivity index (χ0n) is 18.0. The zero-order chi connectivity index (χ0) is 25.2. The SMILES string of the molecule is COCCCN.COCCCNc1nc(Cl)ccc1[N+](=O)[O-].O=[N+]([O-])c1ccc(Cl)nc1Cl. The van der Waals surface area contributed by atoms with Gasteiger partial charge in [-0.05, 0) is 31.5 Å². The number of nitrogens with zero attached hydrogens (tertiary/aromatic N) is 4. The molecule has 0 saturated heterocycles. The van der Waals surface area contributed by atoms with Gasteiger partial charge in [0.15, 0.2) is 0 Å². The molecule has 2 aromatic rings. The van der Waals surface area contributed by atoms with E-state index in [0.29, 0.717) is 13.2 Å². The van der Waals surface area contributed by atoms with E-state index in [1.807, 2.05) is 0 Å². The number of rotatable bonds is 10. The Labute approximate surface area is 205 Å². The molecule has 0 unspecified atom stereocenters. The maximum absolute atomic E-state index is 10.7. The molecule has 0 bridgehead atoms. The normalized spacial score (nSPS) is 9.76. The van der Waals surface area contributed by atoms with E-state index < -0.39 is 9.85 Å². The second-order valence-corrected chi connectivity index (χ2v) is 7.00. The Bertz CT molecular complexity index is 874. The molecule has 0 spiro atoms. The molecular weight excluding hydrogens is 503 g/mol. The van der Waals surface area contributed by atoms with Crippen LogP contribution in [0.1, 0.15) is 12.8 Å². The second-order valence-electron chi connectivity index (χ2n) is 5.87. The standard InChI is InChI=1S/C9H12ClN3O3.C5H2Cl2N2O2.C4H11NO/c1-16-6-2-5-11-9-7(13(14)15)3-4-8(10)12-9;6-4-2-1-3(9(10)11)5(7)8-4;1-6-4-2-3-5/h3-4H,2,5-6H2,1H3,(H,11,12);1-2H;2-5H2,1H3. The van der Waals surface area contributed by atoms with Crippen molar-refractivity contribution in [1.82, 2.24) is 9.97 Å². The fourth-order valence-electron chi connectivity index (χ4n) is 1.90. The third kappa shape index (κ3) is 13.7. The van der Waals surface area contributed by atoms with Crippen molar-refractivity contribution >= 4 is 52.0 Å². The molecule has 0 saturated carbocycles. The molecule has 0 amide bonds. The van der Waals surface area contributed by atoms with Crippen LogP contribution in [0.25, 0.3) is 0 Å². The Balaban J connectivity index is 0.000000520.